The van der Waals surface area contributed by atoms with Crippen LogP contribution >= 0.6 is 27.3 Å². The Morgan fingerprint density at radius 3 is 2.68 bits per heavy atom. The van der Waals surface area contributed by atoms with Gasteiger partial charge in [0.1, 0.15) is 11.6 Å². The van der Waals surface area contributed by atoms with Gasteiger partial charge in [-0.2, -0.15) is 0 Å². The average molecular weight is 423 g/mol. The monoisotopic (exact) mass is 422 g/mol. The normalized spacial score (nSPS) is 13.6. The molecule has 0 spiro atoms. The summed E-state index contributed by atoms with van der Waals surface area (Å²) in [6.45, 7) is 5.51. The lowest BCUT2D eigenvalue weighted by Gasteiger charge is -2.17. The summed E-state index contributed by atoms with van der Waals surface area (Å²) in [7, 11) is 0. The number of aryl methyl sites for hydroxylation is 1. The van der Waals surface area contributed by atoms with E-state index in [2.05, 4.69) is 31.4 Å². The van der Waals surface area contributed by atoms with E-state index in [4.69, 9.17) is 0 Å². The van der Waals surface area contributed by atoms with Gasteiger partial charge in [-0.1, -0.05) is 41.1 Å². The molecule has 0 bridgehead atoms. The minimum atomic E-state index is -0.702. The number of fused-ring (bicyclic) bond motifs is 1. The molecule has 7 nitrogen and oxygen atoms in total. The predicted molar refractivity (Wildman–Crippen MR) is 98.2 cm³/mol. The number of nitrogens with one attached hydrogen (secondary N) is 1. The van der Waals surface area contributed by atoms with Gasteiger partial charge in [-0.05, 0) is 24.6 Å². The molecular weight excluding hydrogens is 408 g/mol. The van der Waals surface area contributed by atoms with E-state index in [1.807, 2.05) is 13.8 Å². The Hall–Kier alpha value is -2.13. The zero-order valence-electron chi connectivity index (χ0n) is 13.8. The first-order chi connectivity index (χ1) is 11.8. The summed E-state index contributed by atoms with van der Waals surface area (Å²) >= 11 is 4.61. The van der Waals surface area contributed by atoms with Gasteiger partial charge < -0.3 is 0 Å². The summed E-state index contributed by atoms with van der Waals surface area (Å²) in [6, 6.07) is 3.40. The van der Waals surface area contributed by atoms with Gasteiger partial charge in [0, 0.05) is 10.4 Å². The van der Waals surface area contributed by atoms with Crippen LogP contribution in [0.1, 0.15) is 40.7 Å². The van der Waals surface area contributed by atoms with Crippen LogP contribution in [-0.4, -0.2) is 34.3 Å². The van der Waals surface area contributed by atoms with Crippen LogP contribution < -0.4 is 10.2 Å². The highest BCUT2D eigenvalue weighted by Crippen LogP contribution is 2.35. The van der Waals surface area contributed by atoms with Crippen molar-refractivity contribution in [2.75, 3.05) is 16.8 Å². The minimum absolute atomic E-state index is 0.217. The van der Waals surface area contributed by atoms with E-state index in [0.717, 1.165) is 10.6 Å². The molecule has 3 rings (SSSR count). The number of carbonyl (C=O) groups excluding carboxylic acids is 3. The van der Waals surface area contributed by atoms with Crippen LogP contribution in [0.5, 0.6) is 0 Å². The number of anilines is 2. The van der Waals surface area contributed by atoms with E-state index in [-0.39, 0.29) is 12.5 Å². The van der Waals surface area contributed by atoms with Crippen molar-refractivity contribution in [1.29, 1.82) is 0 Å². The smallest absolute Gasteiger partial charge is 0.299 e. The van der Waals surface area contributed by atoms with Crippen LogP contribution in [0.4, 0.5) is 10.8 Å². The fourth-order valence-electron chi connectivity index (χ4n) is 2.58. The van der Waals surface area contributed by atoms with Gasteiger partial charge in [0.2, 0.25) is 11.0 Å². The van der Waals surface area contributed by atoms with Crippen molar-refractivity contribution in [3.8, 4) is 0 Å². The Morgan fingerprint density at radius 1 is 1.32 bits per heavy atom. The minimum Gasteiger partial charge on any atom is -0.299 e. The van der Waals surface area contributed by atoms with Crippen LogP contribution in [-0.2, 0) is 9.59 Å². The number of ketones is 1. The second-order valence-corrected chi connectivity index (χ2v) is 7.91. The lowest BCUT2D eigenvalue weighted by molar-refractivity contribution is -0.118. The van der Waals surface area contributed by atoms with Crippen LogP contribution in [0, 0.1) is 6.92 Å². The SMILES string of the molecule is Cc1cc(Br)cc2c1N(CC(=O)Nc1nnc(C(C)C)s1)C(=O)C2=O. The number of hydrogen-bond donors (Lipinski definition) is 1. The quantitative estimate of drug-likeness (QED) is 0.764. The number of amides is 2. The van der Waals surface area contributed by atoms with E-state index >= 15 is 0 Å². The van der Waals surface area contributed by atoms with Crippen molar-refractivity contribution < 1.29 is 14.4 Å². The second-order valence-electron chi connectivity index (χ2n) is 5.99. The molecule has 2 amide bonds. The molecule has 0 radical (unpaired) electrons. The van der Waals surface area contributed by atoms with Gasteiger partial charge in [-0.25, -0.2) is 0 Å². The highest BCUT2D eigenvalue weighted by molar-refractivity contribution is 9.10. The van der Waals surface area contributed by atoms with E-state index in [1.165, 1.54) is 16.2 Å². The lowest BCUT2D eigenvalue weighted by Crippen LogP contribution is -2.37. The van der Waals surface area contributed by atoms with Gasteiger partial charge in [0.05, 0.1) is 11.3 Å². The number of aromatic nitrogens is 2. The zero-order chi connectivity index (χ0) is 18.3. The Labute approximate surface area is 156 Å². The Kier molecular flexibility index (Phi) is 4.70. The number of carbonyl (C=O) groups is 3. The van der Waals surface area contributed by atoms with Crippen LogP contribution in [0.15, 0.2) is 16.6 Å². The molecule has 1 N–H and O–H groups in total. The third kappa shape index (κ3) is 3.34. The summed E-state index contributed by atoms with van der Waals surface area (Å²) in [5.41, 5.74) is 1.53. The molecule has 0 aliphatic carbocycles. The number of nitrogens with zero attached hydrogens (tertiary/aromatic N) is 3. The zero-order valence-corrected chi connectivity index (χ0v) is 16.2. The van der Waals surface area contributed by atoms with Gasteiger partial charge >= 0.3 is 0 Å². The first-order valence-electron chi connectivity index (χ1n) is 7.57. The number of hydrogen-bond acceptors (Lipinski definition) is 6. The van der Waals surface area contributed by atoms with Crippen LogP contribution in [0.2, 0.25) is 0 Å². The summed E-state index contributed by atoms with van der Waals surface area (Å²) in [5.74, 6) is -1.52. The topological polar surface area (TPSA) is 92.3 Å². The number of Topliss-reactive ketones (excluding diaryl/α,β-unsaturated/α-hetero) is 1. The standard InChI is InChI=1S/C16H15BrN4O3S/c1-7(2)14-19-20-16(25-14)18-11(22)6-21-12-8(3)4-9(17)5-10(12)13(23)15(21)24/h4-5,7H,6H2,1-3H3,(H,18,20,22). The molecular formula is C16H15BrN4O3S. The average Bonchev–Trinajstić information content (AvgIpc) is 3.07. The Bertz CT molecular complexity index is 894. The highest BCUT2D eigenvalue weighted by atomic mass is 79.9. The molecule has 0 fully saturated rings. The maximum Gasteiger partial charge on any atom is 0.299 e. The number of rotatable bonds is 4. The molecule has 2 heterocycles. The van der Waals surface area contributed by atoms with Crippen LogP contribution in [0.25, 0.3) is 0 Å². The number of halogens is 1. The lowest BCUT2D eigenvalue weighted by atomic mass is 10.1. The van der Waals surface area contributed by atoms with Crippen LogP contribution in [0.3, 0.4) is 0 Å². The van der Waals surface area contributed by atoms with Crippen molar-refractivity contribution in [3.05, 3.63) is 32.7 Å². The Morgan fingerprint density at radius 2 is 2.04 bits per heavy atom. The van der Waals surface area contributed by atoms with Gasteiger partial charge in [-0.15, -0.1) is 10.2 Å². The van der Waals surface area contributed by atoms with E-state index in [0.29, 0.717) is 20.9 Å². The first-order valence-corrected chi connectivity index (χ1v) is 9.18. The molecule has 0 saturated heterocycles. The molecule has 130 valence electrons. The molecule has 0 atom stereocenters. The molecule has 1 aliphatic heterocycles. The molecule has 1 aromatic heterocycles. The van der Waals surface area contributed by atoms with E-state index in [1.54, 1.807) is 19.1 Å². The fourth-order valence-corrected chi connectivity index (χ4v) is 3.91. The predicted octanol–water partition coefficient (Wildman–Crippen LogP) is 2.90. The molecule has 1 aromatic carbocycles. The van der Waals surface area contributed by atoms with E-state index < -0.39 is 17.6 Å². The number of benzene rings is 1. The van der Waals surface area contributed by atoms with Crippen molar-refractivity contribution in [2.45, 2.75) is 26.7 Å². The summed E-state index contributed by atoms with van der Waals surface area (Å²) < 4.78 is 0.714. The molecule has 25 heavy (non-hydrogen) atoms. The molecule has 0 unspecified atom stereocenters. The van der Waals surface area contributed by atoms with Gasteiger partial charge in [-0.3, -0.25) is 24.6 Å². The van der Waals surface area contributed by atoms with E-state index in [9.17, 15) is 14.4 Å². The molecule has 1 aliphatic rings. The molecule has 0 saturated carbocycles. The van der Waals surface area contributed by atoms with Crippen molar-refractivity contribution in [2.24, 2.45) is 0 Å². The highest BCUT2D eigenvalue weighted by Gasteiger charge is 2.38. The maximum absolute atomic E-state index is 12.3. The summed E-state index contributed by atoms with van der Waals surface area (Å²) in [5, 5.41) is 11.7. The Balaban J connectivity index is 1.80. The van der Waals surface area contributed by atoms with Crippen molar-refractivity contribution >= 4 is 55.7 Å². The summed E-state index contributed by atoms with van der Waals surface area (Å²) in [6.07, 6.45) is 0. The maximum atomic E-state index is 12.3. The molecule has 2 aromatic rings. The fraction of sp³-hybridized carbons (Fsp3) is 0.312. The summed E-state index contributed by atoms with van der Waals surface area (Å²) in [4.78, 5) is 37.9. The largest absolute Gasteiger partial charge is 0.299 e. The third-order valence-electron chi connectivity index (χ3n) is 3.70. The second kappa shape index (κ2) is 6.64. The van der Waals surface area contributed by atoms with Gasteiger partial charge in [0.15, 0.2) is 0 Å². The van der Waals surface area contributed by atoms with Gasteiger partial charge in [0.25, 0.3) is 11.7 Å². The first kappa shape index (κ1) is 17.7. The third-order valence-corrected chi connectivity index (χ3v) is 5.30. The van der Waals surface area contributed by atoms with Crippen molar-refractivity contribution in [1.82, 2.24) is 10.2 Å². The molecule has 9 heteroatoms. The van der Waals surface area contributed by atoms with Crippen molar-refractivity contribution in [3.63, 3.8) is 0 Å².